The summed E-state index contributed by atoms with van der Waals surface area (Å²) in [5.74, 6) is 0. The summed E-state index contributed by atoms with van der Waals surface area (Å²) in [7, 11) is 0. The third-order valence-electron chi connectivity index (χ3n) is 3.32. The Morgan fingerprint density at radius 3 is 2.89 bits per heavy atom. The maximum Gasteiger partial charge on any atom is 0.0641 e. The number of hydrogen-bond donors (Lipinski definition) is 1. The molecule has 1 aliphatic rings. The first-order valence-corrected chi connectivity index (χ1v) is 7.80. The van der Waals surface area contributed by atoms with Crippen molar-refractivity contribution >= 4 is 21.6 Å². The fraction of sp³-hybridized carbons (Fsp3) is 0.600. The van der Waals surface area contributed by atoms with E-state index >= 15 is 0 Å². The topological polar surface area (TPSA) is 24.5 Å². The molecule has 0 aromatic heterocycles. The Morgan fingerprint density at radius 1 is 1.32 bits per heavy atom. The molecule has 0 bridgehead atoms. The van der Waals surface area contributed by atoms with Crippen LogP contribution in [0, 0.1) is 0 Å². The molecule has 1 aromatic carbocycles. The zero-order chi connectivity index (χ0) is 13.7. The van der Waals surface area contributed by atoms with Crippen molar-refractivity contribution < 1.29 is 4.74 Å². The van der Waals surface area contributed by atoms with Crippen molar-refractivity contribution in [1.29, 1.82) is 0 Å². The predicted octanol–water partition coefficient (Wildman–Crippen LogP) is 3.17. The van der Waals surface area contributed by atoms with Gasteiger partial charge in [-0.15, -0.1) is 0 Å². The molecule has 1 N–H and O–H groups in total. The average Bonchev–Trinajstić information content (AvgIpc) is 2.66. The van der Waals surface area contributed by atoms with E-state index in [0.29, 0.717) is 6.04 Å². The molecule has 4 heteroatoms. The number of nitrogens with one attached hydrogen (secondary N) is 1. The molecule has 1 aromatic rings. The number of rotatable bonds is 4. The first kappa shape index (κ1) is 14.8. The van der Waals surface area contributed by atoms with Gasteiger partial charge in [0.15, 0.2) is 0 Å². The molecule has 2 rings (SSSR count). The summed E-state index contributed by atoms with van der Waals surface area (Å²) in [6.45, 7) is 9.01. The molecule has 1 heterocycles. The molecule has 0 saturated carbocycles. The van der Waals surface area contributed by atoms with Gasteiger partial charge in [0.2, 0.25) is 0 Å². The fourth-order valence-corrected chi connectivity index (χ4v) is 2.70. The summed E-state index contributed by atoms with van der Waals surface area (Å²) in [6, 6.07) is 7.16. The zero-order valence-electron chi connectivity index (χ0n) is 11.8. The lowest BCUT2D eigenvalue weighted by atomic mass is 10.2. The normalized spacial score (nSPS) is 16.7. The van der Waals surface area contributed by atoms with Crippen LogP contribution in [0.2, 0.25) is 0 Å². The lowest BCUT2D eigenvalue weighted by Crippen LogP contribution is -2.26. The molecule has 0 amide bonds. The number of nitrogens with zero attached hydrogens (tertiary/aromatic N) is 1. The second-order valence-electron chi connectivity index (χ2n) is 5.26. The molecule has 1 aliphatic heterocycles. The SMILES string of the molecule is CC(C)NCc1ccc(N2CCCOCC2)cc1Br. The predicted molar refractivity (Wildman–Crippen MR) is 83.8 cm³/mol. The molecule has 1 saturated heterocycles. The minimum Gasteiger partial charge on any atom is -0.380 e. The number of benzene rings is 1. The minimum atomic E-state index is 0.509. The van der Waals surface area contributed by atoms with Gasteiger partial charge in [-0.2, -0.15) is 0 Å². The van der Waals surface area contributed by atoms with Crippen LogP contribution in [-0.2, 0) is 11.3 Å². The van der Waals surface area contributed by atoms with Crippen molar-refractivity contribution in [2.75, 3.05) is 31.2 Å². The van der Waals surface area contributed by atoms with Gasteiger partial charge in [0, 0.05) is 42.4 Å². The largest absolute Gasteiger partial charge is 0.380 e. The Morgan fingerprint density at radius 2 is 2.16 bits per heavy atom. The maximum atomic E-state index is 5.50. The molecule has 3 nitrogen and oxygen atoms in total. The molecular formula is C15H23BrN2O. The number of hydrogen-bond acceptors (Lipinski definition) is 3. The van der Waals surface area contributed by atoms with Gasteiger partial charge in [0.1, 0.15) is 0 Å². The molecule has 19 heavy (non-hydrogen) atoms. The van der Waals surface area contributed by atoms with Gasteiger partial charge in [-0.05, 0) is 24.1 Å². The second-order valence-corrected chi connectivity index (χ2v) is 6.12. The molecule has 0 aliphatic carbocycles. The van der Waals surface area contributed by atoms with Crippen molar-refractivity contribution in [2.45, 2.75) is 32.9 Å². The highest BCUT2D eigenvalue weighted by atomic mass is 79.9. The lowest BCUT2D eigenvalue weighted by molar-refractivity contribution is 0.152. The van der Waals surface area contributed by atoms with Crippen molar-refractivity contribution in [2.24, 2.45) is 0 Å². The first-order chi connectivity index (χ1) is 9.16. The molecule has 0 radical (unpaired) electrons. The third-order valence-corrected chi connectivity index (χ3v) is 4.06. The van der Waals surface area contributed by atoms with E-state index in [9.17, 15) is 0 Å². The maximum absolute atomic E-state index is 5.50. The quantitative estimate of drug-likeness (QED) is 0.919. The summed E-state index contributed by atoms with van der Waals surface area (Å²) in [4.78, 5) is 2.40. The summed E-state index contributed by atoms with van der Waals surface area (Å²) < 4.78 is 6.69. The Kier molecular flexibility index (Phi) is 5.67. The van der Waals surface area contributed by atoms with Crippen molar-refractivity contribution in [1.82, 2.24) is 5.32 Å². The Balaban J connectivity index is 2.04. The Hall–Kier alpha value is -0.580. The number of anilines is 1. The monoisotopic (exact) mass is 326 g/mol. The van der Waals surface area contributed by atoms with E-state index in [1.54, 1.807) is 0 Å². The summed E-state index contributed by atoms with van der Waals surface area (Å²) >= 11 is 3.69. The van der Waals surface area contributed by atoms with Crippen LogP contribution >= 0.6 is 15.9 Å². The number of halogens is 1. The first-order valence-electron chi connectivity index (χ1n) is 7.01. The van der Waals surface area contributed by atoms with Crippen molar-refractivity contribution in [3.8, 4) is 0 Å². The van der Waals surface area contributed by atoms with E-state index in [-0.39, 0.29) is 0 Å². The van der Waals surface area contributed by atoms with E-state index in [4.69, 9.17) is 4.74 Å². The molecule has 0 unspecified atom stereocenters. The second kappa shape index (κ2) is 7.27. The van der Waals surface area contributed by atoms with Crippen LogP contribution < -0.4 is 10.2 Å². The molecule has 0 atom stereocenters. The van der Waals surface area contributed by atoms with E-state index in [0.717, 1.165) is 39.3 Å². The standard InChI is InChI=1S/C15H23BrN2O/c1-12(2)17-11-13-4-5-14(10-15(13)16)18-6-3-8-19-9-7-18/h4-5,10,12,17H,3,6-9,11H2,1-2H3. The lowest BCUT2D eigenvalue weighted by Gasteiger charge is -2.23. The van der Waals surface area contributed by atoms with E-state index in [1.165, 1.54) is 15.7 Å². The van der Waals surface area contributed by atoms with Crippen LogP contribution in [0.1, 0.15) is 25.8 Å². The molecular weight excluding hydrogens is 304 g/mol. The number of ether oxygens (including phenoxy) is 1. The van der Waals surface area contributed by atoms with Gasteiger partial charge in [-0.3, -0.25) is 0 Å². The van der Waals surface area contributed by atoms with Crippen LogP contribution in [-0.4, -0.2) is 32.3 Å². The van der Waals surface area contributed by atoms with Crippen molar-refractivity contribution in [3.63, 3.8) is 0 Å². The highest BCUT2D eigenvalue weighted by Gasteiger charge is 2.11. The van der Waals surface area contributed by atoms with Crippen LogP contribution in [0.25, 0.3) is 0 Å². The smallest absolute Gasteiger partial charge is 0.0641 e. The van der Waals surface area contributed by atoms with Gasteiger partial charge < -0.3 is 15.0 Å². The highest BCUT2D eigenvalue weighted by Crippen LogP contribution is 2.25. The van der Waals surface area contributed by atoms with Crippen LogP contribution in [0.5, 0.6) is 0 Å². The van der Waals surface area contributed by atoms with Crippen LogP contribution in [0.3, 0.4) is 0 Å². The van der Waals surface area contributed by atoms with Gasteiger partial charge in [0.25, 0.3) is 0 Å². The average molecular weight is 327 g/mol. The molecule has 1 fully saturated rings. The van der Waals surface area contributed by atoms with E-state index < -0.39 is 0 Å². The van der Waals surface area contributed by atoms with Crippen molar-refractivity contribution in [3.05, 3.63) is 28.2 Å². The van der Waals surface area contributed by atoms with Gasteiger partial charge >= 0.3 is 0 Å². The molecule has 0 spiro atoms. The minimum absolute atomic E-state index is 0.509. The highest BCUT2D eigenvalue weighted by molar-refractivity contribution is 9.10. The summed E-state index contributed by atoms with van der Waals surface area (Å²) in [5.41, 5.74) is 2.59. The third kappa shape index (κ3) is 4.48. The van der Waals surface area contributed by atoms with E-state index in [2.05, 4.69) is 58.2 Å². The van der Waals surface area contributed by atoms with E-state index in [1.807, 2.05) is 0 Å². The van der Waals surface area contributed by atoms with Crippen LogP contribution in [0.15, 0.2) is 22.7 Å². The van der Waals surface area contributed by atoms with Gasteiger partial charge in [0.05, 0.1) is 6.61 Å². The zero-order valence-corrected chi connectivity index (χ0v) is 13.4. The summed E-state index contributed by atoms with van der Waals surface area (Å²) in [6.07, 6.45) is 1.11. The van der Waals surface area contributed by atoms with Crippen LogP contribution in [0.4, 0.5) is 5.69 Å². The summed E-state index contributed by atoms with van der Waals surface area (Å²) in [5, 5.41) is 3.45. The Bertz CT molecular complexity index is 401. The molecule has 106 valence electrons. The van der Waals surface area contributed by atoms with Gasteiger partial charge in [-0.1, -0.05) is 35.8 Å². The van der Waals surface area contributed by atoms with Gasteiger partial charge in [-0.25, -0.2) is 0 Å². The fourth-order valence-electron chi connectivity index (χ4n) is 2.19. The Labute approximate surface area is 124 Å².